The number of carboxylic acid groups (broad SMARTS) is 1. The van der Waals surface area contributed by atoms with Crippen LogP contribution in [0.2, 0.25) is 0 Å². The second-order valence-electron chi connectivity index (χ2n) is 10.2. The third-order valence-corrected chi connectivity index (χ3v) is 6.49. The number of rotatable bonds is 10. The van der Waals surface area contributed by atoms with Crippen LogP contribution in [0.1, 0.15) is 70.4 Å². The van der Waals surface area contributed by atoms with Crippen LogP contribution in [0.25, 0.3) is 11.1 Å². The van der Waals surface area contributed by atoms with Gasteiger partial charge in [-0.1, -0.05) is 82.6 Å². The maximum absolute atomic E-state index is 12.8. The zero-order valence-electron chi connectivity index (χ0n) is 21.0. The predicted octanol–water partition coefficient (Wildman–Crippen LogP) is 5.09. The van der Waals surface area contributed by atoms with Crippen LogP contribution in [0.4, 0.5) is 4.79 Å². The van der Waals surface area contributed by atoms with Gasteiger partial charge >= 0.3 is 12.1 Å². The molecule has 0 bridgehead atoms. The highest BCUT2D eigenvalue weighted by atomic mass is 16.5. The van der Waals surface area contributed by atoms with Gasteiger partial charge in [-0.15, -0.1) is 0 Å². The number of fused-ring (bicyclic) bond motifs is 3. The molecular formula is C28H36N2O5. The number of nitrogens with one attached hydrogen (secondary N) is 2. The highest BCUT2D eigenvalue weighted by Gasteiger charge is 2.32. The van der Waals surface area contributed by atoms with Gasteiger partial charge in [-0.2, -0.15) is 0 Å². The van der Waals surface area contributed by atoms with Crippen molar-refractivity contribution >= 4 is 18.0 Å². The molecule has 35 heavy (non-hydrogen) atoms. The molecule has 0 saturated carbocycles. The third-order valence-electron chi connectivity index (χ3n) is 6.49. The second-order valence-corrected chi connectivity index (χ2v) is 10.2. The molecule has 2 aromatic carbocycles. The smallest absolute Gasteiger partial charge is 0.407 e. The van der Waals surface area contributed by atoms with Crippen molar-refractivity contribution in [1.82, 2.24) is 10.6 Å². The monoisotopic (exact) mass is 480 g/mol. The van der Waals surface area contributed by atoms with Crippen molar-refractivity contribution in [2.75, 3.05) is 6.61 Å². The van der Waals surface area contributed by atoms with Crippen LogP contribution in [0.3, 0.4) is 0 Å². The number of aliphatic carboxylic acids is 1. The minimum absolute atomic E-state index is 0.0352. The van der Waals surface area contributed by atoms with E-state index in [0.29, 0.717) is 6.42 Å². The summed E-state index contributed by atoms with van der Waals surface area (Å²) >= 11 is 0. The Hall–Kier alpha value is -3.35. The van der Waals surface area contributed by atoms with Gasteiger partial charge in [0.05, 0.1) is 6.42 Å². The average molecular weight is 481 g/mol. The van der Waals surface area contributed by atoms with Crippen LogP contribution in [-0.4, -0.2) is 41.8 Å². The van der Waals surface area contributed by atoms with Gasteiger partial charge in [0.15, 0.2) is 0 Å². The second kappa shape index (κ2) is 11.4. The Morgan fingerprint density at radius 3 is 2.03 bits per heavy atom. The van der Waals surface area contributed by atoms with E-state index in [1.54, 1.807) is 0 Å². The average Bonchev–Trinajstić information content (AvgIpc) is 3.10. The number of hydrogen-bond acceptors (Lipinski definition) is 4. The Balaban J connectivity index is 1.62. The maximum atomic E-state index is 12.8. The topological polar surface area (TPSA) is 105 Å². The lowest BCUT2D eigenvalue weighted by Crippen LogP contribution is -2.48. The van der Waals surface area contributed by atoms with E-state index >= 15 is 0 Å². The molecule has 1 aliphatic carbocycles. The predicted molar refractivity (Wildman–Crippen MR) is 135 cm³/mol. The SMILES string of the molecule is CCCC(CC(=O)O)NC(=O)CC(NC(=O)OCC1c2ccccc2-c2ccccc21)C(C)(C)C. The van der Waals surface area contributed by atoms with E-state index in [1.165, 1.54) is 0 Å². The summed E-state index contributed by atoms with van der Waals surface area (Å²) in [6.45, 7) is 7.96. The van der Waals surface area contributed by atoms with Crippen LogP contribution < -0.4 is 10.6 Å². The van der Waals surface area contributed by atoms with Gasteiger partial charge in [0.1, 0.15) is 6.61 Å². The lowest BCUT2D eigenvalue weighted by atomic mass is 9.84. The molecule has 0 aromatic heterocycles. The summed E-state index contributed by atoms with van der Waals surface area (Å²) in [6.07, 6.45) is 0.680. The molecule has 0 aliphatic heterocycles. The van der Waals surface area contributed by atoms with E-state index in [9.17, 15) is 14.4 Å². The third kappa shape index (κ3) is 6.84. The van der Waals surface area contributed by atoms with Crippen LogP contribution in [0, 0.1) is 5.41 Å². The molecule has 188 valence electrons. The van der Waals surface area contributed by atoms with E-state index in [0.717, 1.165) is 28.7 Å². The molecule has 3 rings (SSSR count). The Kier molecular flexibility index (Phi) is 8.54. The van der Waals surface area contributed by atoms with Crippen molar-refractivity contribution in [3.05, 3.63) is 59.7 Å². The fourth-order valence-electron chi connectivity index (χ4n) is 4.61. The fourth-order valence-corrected chi connectivity index (χ4v) is 4.61. The molecule has 2 aromatic rings. The molecule has 7 heteroatoms. The van der Waals surface area contributed by atoms with E-state index < -0.39 is 29.6 Å². The first-order chi connectivity index (χ1) is 16.6. The van der Waals surface area contributed by atoms with Crippen LogP contribution >= 0.6 is 0 Å². The van der Waals surface area contributed by atoms with Gasteiger partial charge in [0, 0.05) is 24.4 Å². The molecule has 0 radical (unpaired) electrons. The number of amides is 2. The van der Waals surface area contributed by atoms with E-state index in [1.807, 2.05) is 52.0 Å². The summed E-state index contributed by atoms with van der Waals surface area (Å²) in [5.74, 6) is -1.29. The summed E-state index contributed by atoms with van der Waals surface area (Å²) in [6, 6.07) is 15.4. The Labute approximate surface area is 207 Å². The molecular weight excluding hydrogens is 444 g/mol. The van der Waals surface area contributed by atoms with Gasteiger partial charge in [-0.05, 0) is 34.1 Å². The van der Waals surface area contributed by atoms with Crippen molar-refractivity contribution < 1.29 is 24.2 Å². The molecule has 7 nitrogen and oxygen atoms in total. The zero-order valence-corrected chi connectivity index (χ0v) is 21.0. The summed E-state index contributed by atoms with van der Waals surface area (Å²) in [5, 5.41) is 14.8. The maximum Gasteiger partial charge on any atom is 0.407 e. The van der Waals surface area contributed by atoms with E-state index in [-0.39, 0.29) is 31.3 Å². The van der Waals surface area contributed by atoms with Crippen LogP contribution in [0.5, 0.6) is 0 Å². The molecule has 0 spiro atoms. The highest BCUT2D eigenvalue weighted by molar-refractivity contribution is 5.80. The molecule has 0 heterocycles. The molecule has 1 aliphatic rings. The van der Waals surface area contributed by atoms with Gasteiger partial charge in [-0.25, -0.2) is 4.79 Å². The number of carboxylic acids is 1. The van der Waals surface area contributed by atoms with Gasteiger partial charge in [0.2, 0.25) is 5.91 Å². The Morgan fingerprint density at radius 2 is 1.51 bits per heavy atom. The largest absolute Gasteiger partial charge is 0.481 e. The first kappa shape index (κ1) is 26.3. The summed E-state index contributed by atoms with van der Waals surface area (Å²) in [5.41, 5.74) is 4.17. The Morgan fingerprint density at radius 1 is 0.943 bits per heavy atom. The van der Waals surface area contributed by atoms with Gasteiger partial charge in [0.25, 0.3) is 0 Å². The zero-order chi connectivity index (χ0) is 25.6. The molecule has 2 unspecified atom stereocenters. The first-order valence-corrected chi connectivity index (χ1v) is 12.2. The van der Waals surface area contributed by atoms with Crippen molar-refractivity contribution in [2.24, 2.45) is 5.41 Å². The standard InChI is InChI=1S/C28H36N2O5/c1-5-10-18(15-26(32)33)29-25(31)16-24(28(2,3)4)30-27(34)35-17-23-21-13-8-6-11-19(21)20-12-7-9-14-22(20)23/h6-9,11-14,18,23-24H,5,10,15-17H2,1-4H3,(H,29,31)(H,30,34)(H,32,33). The lowest BCUT2D eigenvalue weighted by molar-refractivity contribution is -0.137. The van der Waals surface area contributed by atoms with Crippen LogP contribution in [0.15, 0.2) is 48.5 Å². The summed E-state index contributed by atoms with van der Waals surface area (Å²) < 4.78 is 5.66. The number of ether oxygens (including phenoxy) is 1. The summed E-state index contributed by atoms with van der Waals surface area (Å²) in [7, 11) is 0. The minimum atomic E-state index is -0.951. The molecule has 2 atom stereocenters. The summed E-state index contributed by atoms with van der Waals surface area (Å²) in [4.78, 5) is 36.6. The van der Waals surface area contributed by atoms with E-state index in [4.69, 9.17) is 9.84 Å². The quantitative estimate of drug-likeness (QED) is 0.439. The van der Waals surface area contributed by atoms with Crippen molar-refractivity contribution in [3.63, 3.8) is 0 Å². The Bertz CT molecular complexity index is 1010. The number of carbonyl (C=O) groups excluding carboxylic acids is 2. The molecule has 3 N–H and O–H groups in total. The molecule has 2 amide bonds. The molecule has 0 saturated heterocycles. The van der Waals surface area contributed by atoms with E-state index in [2.05, 4.69) is 34.9 Å². The minimum Gasteiger partial charge on any atom is -0.481 e. The van der Waals surface area contributed by atoms with Crippen molar-refractivity contribution in [1.29, 1.82) is 0 Å². The van der Waals surface area contributed by atoms with Crippen molar-refractivity contribution in [2.45, 2.75) is 71.4 Å². The van der Waals surface area contributed by atoms with Gasteiger partial charge in [-0.3, -0.25) is 9.59 Å². The number of benzene rings is 2. The number of hydrogen-bond donors (Lipinski definition) is 3. The normalized spacial score (nSPS) is 14.4. The fraction of sp³-hybridized carbons (Fsp3) is 0.464. The van der Waals surface area contributed by atoms with Gasteiger partial charge < -0.3 is 20.5 Å². The molecule has 0 fully saturated rings. The van der Waals surface area contributed by atoms with Crippen LogP contribution in [-0.2, 0) is 14.3 Å². The first-order valence-electron chi connectivity index (χ1n) is 12.2. The number of carbonyl (C=O) groups is 3. The lowest BCUT2D eigenvalue weighted by Gasteiger charge is -2.31. The highest BCUT2D eigenvalue weighted by Crippen LogP contribution is 2.44. The van der Waals surface area contributed by atoms with Crippen molar-refractivity contribution in [3.8, 4) is 11.1 Å². The number of alkyl carbamates (subject to hydrolysis) is 1.